The molecule has 9 heteroatoms. The number of sulfonamides is 1. The second-order valence-electron chi connectivity index (χ2n) is 7.76. The van der Waals surface area contributed by atoms with Crippen LogP contribution in [0.5, 0.6) is 5.75 Å². The van der Waals surface area contributed by atoms with Crippen LogP contribution in [0.15, 0.2) is 53.4 Å². The lowest BCUT2D eigenvalue weighted by molar-refractivity contribution is -0.123. The third-order valence-electron chi connectivity index (χ3n) is 4.95. The normalized spacial score (nSPS) is 13.8. The number of methoxy groups -OCH3 is 1. The van der Waals surface area contributed by atoms with E-state index < -0.39 is 22.0 Å². The van der Waals surface area contributed by atoms with Gasteiger partial charge in [0.2, 0.25) is 15.9 Å². The van der Waals surface area contributed by atoms with Crippen molar-refractivity contribution in [2.45, 2.75) is 30.8 Å². The summed E-state index contributed by atoms with van der Waals surface area (Å²) < 4.78 is 33.5. The molecule has 0 saturated heterocycles. The van der Waals surface area contributed by atoms with Gasteiger partial charge >= 0.3 is 0 Å². The highest BCUT2D eigenvalue weighted by atomic mass is 35.5. The molecule has 0 unspecified atom stereocenters. The highest BCUT2D eigenvalue weighted by Gasteiger charge is 2.29. The number of rotatable bonds is 10. The molecule has 2 atom stereocenters. The lowest BCUT2D eigenvalue weighted by Gasteiger charge is -2.28. The molecule has 2 aromatic carbocycles. The molecule has 31 heavy (non-hydrogen) atoms. The van der Waals surface area contributed by atoms with Crippen molar-refractivity contribution < 1.29 is 17.9 Å². The van der Waals surface area contributed by atoms with Crippen molar-refractivity contribution in [3.05, 3.63) is 59.1 Å². The Morgan fingerprint density at radius 1 is 1.10 bits per heavy atom. The number of ether oxygens (including phenoxy) is 1. The van der Waals surface area contributed by atoms with E-state index >= 15 is 0 Å². The minimum Gasteiger partial charge on any atom is -0.496 e. The molecule has 0 spiro atoms. The van der Waals surface area contributed by atoms with Gasteiger partial charge in [-0.3, -0.25) is 4.79 Å². The molecule has 0 radical (unpaired) electrons. The summed E-state index contributed by atoms with van der Waals surface area (Å²) >= 11 is 5.84. The van der Waals surface area contributed by atoms with Gasteiger partial charge in [-0.15, -0.1) is 0 Å². The average Bonchev–Trinajstić information content (AvgIpc) is 2.72. The second kappa shape index (κ2) is 10.9. The number of carbonyl (C=O) groups excluding carboxylic acids is 1. The van der Waals surface area contributed by atoms with Gasteiger partial charge in [-0.1, -0.05) is 43.6 Å². The van der Waals surface area contributed by atoms with E-state index in [2.05, 4.69) is 10.0 Å². The summed E-state index contributed by atoms with van der Waals surface area (Å²) in [6, 6.07) is 12.3. The van der Waals surface area contributed by atoms with E-state index in [4.69, 9.17) is 16.3 Å². The van der Waals surface area contributed by atoms with Crippen LogP contribution in [0.1, 0.15) is 25.5 Å². The fraction of sp³-hybridized carbons (Fsp3) is 0.409. The Morgan fingerprint density at radius 3 is 2.26 bits per heavy atom. The monoisotopic (exact) mass is 467 g/mol. The summed E-state index contributed by atoms with van der Waals surface area (Å²) in [5.41, 5.74) is 0.929. The van der Waals surface area contributed by atoms with Crippen molar-refractivity contribution in [3.8, 4) is 5.75 Å². The van der Waals surface area contributed by atoms with Crippen LogP contribution in [-0.2, 0) is 14.8 Å². The zero-order valence-electron chi connectivity index (χ0n) is 18.4. The molecule has 2 N–H and O–H groups in total. The summed E-state index contributed by atoms with van der Waals surface area (Å²) in [6.45, 7) is 3.87. The standard InChI is InChI=1S/C22H30ClN3O4S/c1-15(2)21(25-31(28,29)17-12-10-16(23)11-13-17)22(27)24-14-19(26(3)4)18-8-6-7-9-20(18)30-5/h6-13,15,19,21,25H,14H2,1-5H3,(H,24,27)/t19-,21-/m0/s1. The molecule has 0 heterocycles. The van der Waals surface area contributed by atoms with Gasteiger partial charge in [0, 0.05) is 17.1 Å². The lowest BCUT2D eigenvalue weighted by atomic mass is 10.0. The Labute approximate surface area is 189 Å². The first kappa shape index (κ1) is 25.1. The lowest BCUT2D eigenvalue weighted by Crippen LogP contribution is -2.50. The van der Waals surface area contributed by atoms with Crippen LogP contribution in [0.4, 0.5) is 0 Å². The van der Waals surface area contributed by atoms with Crippen LogP contribution < -0.4 is 14.8 Å². The van der Waals surface area contributed by atoms with Crippen molar-refractivity contribution in [1.29, 1.82) is 0 Å². The first-order valence-corrected chi connectivity index (χ1v) is 11.8. The van der Waals surface area contributed by atoms with Gasteiger partial charge in [0.1, 0.15) is 11.8 Å². The van der Waals surface area contributed by atoms with Crippen LogP contribution in [0.25, 0.3) is 0 Å². The number of hydrogen-bond donors (Lipinski definition) is 2. The first-order valence-electron chi connectivity index (χ1n) is 9.91. The molecule has 0 aliphatic heterocycles. The highest BCUT2D eigenvalue weighted by Crippen LogP contribution is 2.27. The Bertz CT molecular complexity index is 979. The number of nitrogens with one attached hydrogen (secondary N) is 2. The summed E-state index contributed by atoms with van der Waals surface area (Å²) in [6.07, 6.45) is 0. The van der Waals surface area contributed by atoms with E-state index in [1.54, 1.807) is 21.0 Å². The molecule has 0 aromatic heterocycles. The topological polar surface area (TPSA) is 87.7 Å². The quantitative estimate of drug-likeness (QED) is 0.560. The number of nitrogens with zero attached hydrogens (tertiary/aromatic N) is 1. The zero-order chi connectivity index (χ0) is 23.2. The third kappa shape index (κ3) is 6.67. The first-order chi connectivity index (χ1) is 14.6. The predicted octanol–water partition coefficient (Wildman–Crippen LogP) is 3.07. The van der Waals surface area contributed by atoms with Crippen LogP contribution in [0.2, 0.25) is 5.02 Å². The molecule has 0 saturated carbocycles. The molecule has 0 fully saturated rings. The van der Waals surface area contributed by atoms with Crippen molar-refractivity contribution in [2.24, 2.45) is 5.92 Å². The Hall–Kier alpha value is -2.13. The Kier molecular flexibility index (Phi) is 8.88. The number of amides is 1. The summed E-state index contributed by atoms with van der Waals surface area (Å²) in [4.78, 5) is 15.0. The SMILES string of the molecule is COc1ccccc1[C@H](CNC(=O)[C@@H](NS(=O)(=O)c1ccc(Cl)cc1)C(C)C)N(C)C. The smallest absolute Gasteiger partial charge is 0.241 e. The molecular formula is C22H30ClN3O4S. The van der Waals surface area contributed by atoms with Crippen molar-refractivity contribution in [1.82, 2.24) is 14.9 Å². The van der Waals surface area contributed by atoms with Gasteiger partial charge in [0.25, 0.3) is 0 Å². The Balaban J connectivity index is 2.17. The third-order valence-corrected chi connectivity index (χ3v) is 6.66. The molecule has 170 valence electrons. The molecule has 2 aromatic rings. The summed E-state index contributed by atoms with van der Waals surface area (Å²) in [5, 5.41) is 3.33. The fourth-order valence-electron chi connectivity index (χ4n) is 3.16. The molecule has 7 nitrogen and oxygen atoms in total. The van der Waals surface area contributed by atoms with Gasteiger partial charge in [-0.05, 0) is 50.3 Å². The van der Waals surface area contributed by atoms with Crippen molar-refractivity contribution in [3.63, 3.8) is 0 Å². The maximum atomic E-state index is 13.0. The molecule has 1 amide bonds. The van der Waals surface area contributed by atoms with Gasteiger partial charge < -0.3 is 15.0 Å². The largest absolute Gasteiger partial charge is 0.496 e. The Morgan fingerprint density at radius 2 is 1.71 bits per heavy atom. The van der Waals surface area contributed by atoms with Gasteiger partial charge in [0.05, 0.1) is 18.0 Å². The van der Waals surface area contributed by atoms with Gasteiger partial charge in [-0.2, -0.15) is 4.72 Å². The van der Waals surface area contributed by atoms with E-state index in [1.165, 1.54) is 24.3 Å². The van der Waals surface area contributed by atoms with Gasteiger partial charge in [0.15, 0.2) is 0 Å². The fourth-order valence-corrected chi connectivity index (χ4v) is 4.63. The van der Waals surface area contributed by atoms with E-state index in [-0.39, 0.29) is 23.4 Å². The molecular weight excluding hydrogens is 438 g/mol. The average molecular weight is 468 g/mol. The number of halogens is 1. The van der Waals surface area contributed by atoms with E-state index in [0.29, 0.717) is 5.02 Å². The molecule has 2 rings (SSSR count). The predicted molar refractivity (Wildman–Crippen MR) is 123 cm³/mol. The zero-order valence-corrected chi connectivity index (χ0v) is 20.0. The van der Waals surface area contributed by atoms with E-state index in [9.17, 15) is 13.2 Å². The minimum atomic E-state index is -3.88. The van der Waals surface area contributed by atoms with Crippen LogP contribution in [-0.4, -0.2) is 53.0 Å². The van der Waals surface area contributed by atoms with E-state index in [1.807, 2.05) is 43.3 Å². The number of likely N-dealkylation sites (N-methyl/N-ethyl adjacent to an activating group) is 1. The van der Waals surface area contributed by atoms with Crippen LogP contribution in [0, 0.1) is 5.92 Å². The summed E-state index contributed by atoms with van der Waals surface area (Å²) in [5.74, 6) is 0.0692. The number of hydrogen-bond acceptors (Lipinski definition) is 5. The number of benzene rings is 2. The molecule has 0 aliphatic carbocycles. The maximum absolute atomic E-state index is 13.0. The van der Waals surface area contributed by atoms with Gasteiger partial charge in [-0.25, -0.2) is 8.42 Å². The van der Waals surface area contributed by atoms with Crippen molar-refractivity contribution >= 4 is 27.5 Å². The summed E-state index contributed by atoms with van der Waals surface area (Å²) in [7, 11) is 1.54. The van der Waals surface area contributed by atoms with Crippen molar-refractivity contribution in [2.75, 3.05) is 27.7 Å². The molecule has 0 bridgehead atoms. The minimum absolute atomic E-state index is 0.0514. The second-order valence-corrected chi connectivity index (χ2v) is 9.91. The highest BCUT2D eigenvalue weighted by molar-refractivity contribution is 7.89. The van der Waals surface area contributed by atoms with Crippen LogP contribution in [0.3, 0.4) is 0 Å². The maximum Gasteiger partial charge on any atom is 0.241 e. The van der Waals surface area contributed by atoms with E-state index in [0.717, 1.165) is 11.3 Å². The molecule has 0 aliphatic rings. The number of carbonyl (C=O) groups is 1. The van der Waals surface area contributed by atoms with Crippen LogP contribution >= 0.6 is 11.6 Å². The number of para-hydroxylation sites is 1.